The van der Waals surface area contributed by atoms with E-state index in [1.807, 2.05) is 0 Å². The van der Waals surface area contributed by atoms with Gasteiger partial charge in [-0.3, -0.25) is 9.97 Å². The van der Waals surface area contributed by atoms with Crippen molar-refractivity contribution in [2.75, 3.05) is 0 Å². The van der Waals surface area contributed by atoms with Crippen LogP contribution in [0.2, 0.25) is 0 Å². The van der Waals surface area contributed by atoms with Crippen molar-refractivity contribution in [2.24, 2.45) is 0 Å². The van der Waals surface area contributed by atoms with Crippen LogP contribution < -0.4 is 0 Å². The number of hydrogen-bond donors (Lipinski definition) is 0. The maximum absolute atomic E-state index is 5.30. The third kappa shape index (κ3) is 3.18. The molecule has 0 saturated carbocycles. The predicted molar refractivity (Wildman–Crippen MR) is 152 cm³/mol. The lowest BCUT2D eigenvalue weighted by molar-refractivity contribution is 0.448. The zero-order valence-corrected chi connectivity index (χ0v) is 20.6. The van der Waals surface area contributed by atoms with E-state index in [1.165, 1.54) is 55.5 Å². The Hall–Kier alpha value is -4.30. The first-order chi connectivity index (χ1) is 18.3. The lowest BCUT2D eigenvalue weighted by atomic mass is 9.66. The number of aromatic nitrogens is 2. The number of para-hydroxylation sites is 2. The van der Waals surface area contributed by atoms with Gasteiger partial charge in [-0.1, -0.05) is 97.1 Å². The Morgan fingerprint density at radius 2 is 0.865 bits per heavy atom. The molecule has 0 amide bonds. The van der Waals surface area contributed by atoms with Crippen LogP contribution in [0.4, 0.5) is 0 Å². The van der Waals surface area contributed by atoms with Gasteiger partial charge in [0.15, 0.2) is 0 Å². The van der Waals surface area contributed by atoms with Gasteiger partial charge >= 0.3 is 0 Å². The fourth-order valence-corrected chi connectivity index (χ4v) is 6.99. The van der Waals surface area contributed by atoms with Crippen molar-refractivity contribution in [3.05, 3.63) is 132 Å². The largest absolute Gasteiger partial charge is 0.252 e. The van der Waals surface area contributed by atoms with Crippen molar-refractivity contribution in [2.45, 2.75) is 31.1 Å². The average Bonchev–Trinajstić information content (AvgIpc) is 2.96. The normalized spacial score (nSPS) is 17.9. The molecule has 8 rings (SSSR count). The van der Waals surface area contributed by atoms with Crippen LogP contribution in [0.25, 0.3) is 44.1 Å². The van der Waals surface area contributed by atoms with Gasteiger partial charge in [-0.25, -0.2) is 0 Å². The Morgan fingerprint density at radius 1 is 0.459 bits per heavy atom. The SMILES string of the molecule is c1ccc(-c2c3c(nc4ccccc24)CC2CC3Cc3nc4ccccc4c(-c4ccccc4)c32)cc1. The summed E-state index contributed by atoms with van der Waals surface area (Å²) in [7, 11) is 0. The third-order valence-electron chi connectivity index (χ3n) is 8.41. The highest BCUT2D eigenvalue weighted by molar-refractivity contribution is 5.99. The average molecular weight is 475 g/mol. The minimum Gasteiger partial charge on any atom is -0.252 e. The summed E-state index contributed by atoms with van der Waals surface area (Å²) < 4.78 is 0. The minimum atomic E-state index is 0.422. The summed E-state index contributed by atoms with van der Waals surface area (Å²) in [5.41, 5.74) is 13.0. The van der Waals surface area contributed by atoms with Crippen LogP contribution in [0.5, 0.6) is 0 Å². The number of rotatable bonds is 2. The molecule has 2 unspecified atom stereocenters. The highest BCUT2D eigenvalue weighted by Gasteiger charge is 2.39. The standard InChI is InChI=1S/C35H26N2/c1-3-11-22(12-4-1)32-26-15-7-9-17-28(26)36-30-21-25-19-24(34(30)32)20-31-35(25)33(23-13-5-2-6-14-23)27-16-8-10-18-29(27)37-31/h1-18,24-25H,19-21H2. The molecule has 37 heavy (non-hydrogen) atoms. The van der Waals surface area contributed by atoms with Crippen molar-refractivity contribution in [3.63, 3.8) is 0 Å². The van der Waals surface area contributed by atoms with Crippen LogP contribution in [-0.4, -0.2) is 9.97 Å². The summed E-state index contributed by atoms with van der Waals surface area (Å²) in [4.78, 5) is 10.6. The molecule has 0 saturated heterocycles. The topological polar surface area (TPSA) is 25.8 Å². The van der Waals surface area contributed by atoms with Gasteiger partial charge in [0.1, 0.15) is 0 Å². The van der Waals surface area contributed by atoms with Crippen LogP contribution in [0, 0.1) is 0 Å². The molecule has 0 spiro atoms. The number of hydrogen-bond acceptors (Lipinski definition) is 2. The molecule has 2 nitrogen and oxygen atoms in total. The van der Waals surface area contributed by atoms with Gasteiger partial charge < -0.3 is 0 Å². The molecule has 2 bridgehead atoms. The molecule has 2 heteroatoms. The van der Waals surface area contributed by atoms with Crippen LogP contribution in [0.3, 0.4) is 0 Å². The van der Waals surface area contributed by atoms with E-state index in [0.717, 1.165) is 30.3 Å². The van der Waals surface area contributed by atoms with E-state index in [4.69, 9.17) is 9.97 Å². The third-order valence-corrected chi connectivity index (χ3v) is 8.41. The summed E-state index contributed by atoms with van der Waals surface area (Å²) in [5, 5.41) is 2.52. The molecule has 2 aliphatic rings. The second-order valence-electron chi connectivity index (χ2n) is 10.5. The molecule has 6 aromatic rings. The van der Waals surface area contributed by atoms with E-state index >= 15 is 0 Å². The smallest absolute Gasteiger partial charge is 0.0711 e. The first-order valence-electron chi connectivity index (χ1n) is 13.3. The molecule has 2 heterocycles. The van der Waals surface area contributed by atoms with Gasteiger partial charge in [-0.05, 0) is 76.6 Å². The fourth-order valence-electron chi connectivity index (χ4n) is 6.99. The molecule has 2 atom stereocenters. The maximum Gasteiger partial charge on any atom is 0.0711 e. The van der Waals surface area contributed by atoms with Crippen LogP contribution in [0.15, 0.2) is 109 Å². The highest BCUT2D eigenvalue weighted by atomic mass is 14.8. The van der Waals surface area contributed by atoms with Crippen LogP contribution in [-0.2, 0) is 12.8 Å². The lowest BCUT2D eigenvalue weighted by Gasteiger charge is -2.39. The van der Waals surface area contributed by atoms with Crippen molar-refractivity contribution in [1.82, 2.24) is 9.97 Å². The van der Waals surface area contributed by atoms with Gasteiger partial charge in [0.25, 0.3) is 0 Å². The van der Waals surface area contributed by atoms with E-state index in [1.54, 1.807) is 0 Å². The highest BCUT2D eigenvalue weighted by Crippen LogP contribution is 2.53. The van der Waals surface area contributed by atoms with E-state index in [0.29, 0.717) is 11.8 Å². The molecule has 0 N–H and O–H groups in total. The van der Waals surface area contributed by atoms with E-state index in [-0.39, 0.29) is 0 Å². The number of fused-ring (bicyclic) bond motifs is 8. The Morgan fingerprint density at radius 3 is 1.32 bits per heavy atom. The predicted octanol–water partition coefficient (Wildman–Crippen LogP) is 8.49. The summed E-state index contributed by atoms with van der Waals surface area (Å²) in [5.74, 6) is 0.844. The Bertz CT molecular complexity index is 1670. The first-order valence-corrected chi connectivity index (χ1v) is 13.3. The van der Waals surface area contributed by atoms with Crippen LogP contribution in [0.1, 0.15) is 40.8 Å². The van der Waals surface area contributed by atoms with Crippen molar-refractivity contribution in [1.29, 1.82) is 0 Å². The van der Waals surface area contributed by atoms with Crippen molar-refractivity contribution in [3.8, 4) is 22.3 Å². The number of pyridine rings is 2. The molecule has 0 radical (unpaired) electrons. The zero-order chi connectivity index (χ0) is 24.3. The number of nitrogens with zero attached hydrogens (tertiary/aromatic N) is 2. The van der Waals surface area contributed by atoms with Crippen molar-refractivity contribution < 1.29 is 0 Å². The fraction of sp³-hybridized carbons (Fsp3) is 0.143. The van der Waals surface area contributed by atoms with Gasteiger partial charge in [-0.2, -0.15) is 0 Å². The van der Waals surface area contributed by atoms with Crippen molar-refractivity contribution >= 4 is 21.8 Å². The molecule has 0 aliphatic heterocycles. The zero-order valence-electron chi connectivity index (χ0n) is 20.6. The Kier molecular flexibility index (Phi) is 4.57. The lowest BCUT2D eigenvalue weighted by Crippen LogP contribution is -2.28. The molecule has 176 valence electrons. The number of benzene rings is 4. The summed E-state index contributed by atoms with van der Waals surface area (Å²) >= 11 is 0. The van der Waals surface area contributed by atoms with Gasteiger partial charge in [0, 0.05) is 22.2 Å². The Labute approximate surface area is 216 Å². The Balaban J connectivity index is 1.40. The molecular formula is C35H26N2. The van der Waals surface area contributed by atoms with E-state index < -0.39 is 0 Å². The summed E-state index contributed by atoms with van der Waals surface area (Å²) in [6, 6.07) is 39.2. The summed E-state index contributed by atoms with van der Waals surface area (Å²) in [6.07, 6.45) is 3.08. The van der Waals surface area contributed by atoms with Gasteiger partial charge in [0.2, 0.25) is 0 Å². The van der Waals surface area contributed by atoms with Crippen LogP contribution >= 0.6 is 0 Å². The van der Waals surface area contributed by atoms with E-state index in [2.05, 4.69) is 109 Å². The first kappa shape index (κ1) is 20.8. The van der Waals surface area contributed by atoms with Gasteiger partial charge in [-0.15, -0.1) is 0 Å². The summed E-state index contributed by atoms with van der Waals surface area (Å²) in [6.45, 7) is 0. The minimum absolute atomic E-state index is 0.422. The second-order valence-corrected chi connectivity index (χ2v) is 10.5. The monoisotopic (exact) mass is 474 g/mol. The molecule has 2 aromatic heterocycles. The molecule has 4 aromatic carbocycles. The van der Waals surface area contributed by atoms with E-state index in [9.17, 15) is 0 Å². The molecule has 0 fully saturated rings. The molecular weight excluding hydrogens is 448 g/mol. The molecule has 2 aliphatic carbocycles. The van der Waals surface area contributed by atoms with Gasteiger partial charge in [0.05, 0.1) is 11.0 Å². The second kappa shape index (κ2) is 8.11. The quantitative estimate of drug-likeness (QED) is 0.251. The maximum atomic E-state index is 5.30.